The number of fused-ring (bicyclic) bond motifs is 1. The molecule has 1 nitrogen and oxygen atoms in total. The lowest BCUT2D eigenvalue weighted by Crippen LogP contribution is -2.32. The van der Waals surface area contributed by atoms with E-state index in [1.165, 1.54) is 11.1 Å². The van der Waals surface area contributed by atoms with E-state index in [0.717, 1.165) is 19.3 Å². The van der Waals surface area contributed by atoms with Crippen LogP contribution in [0.3, 0.4) is 0 Å². The van der Waals surface area contributed by atoms with E-state index in [-0.39, 0.29) is 0 Å². The van der Waals surface area contributed by atoms with E-state index in [1.807, 2.05) is 6.08 Å². The second-order valence-corrected chi connectivity index (χ2v) is 4.03. The molecule has 0 radical (unpaired) electrons. The molecule has 14 heavy (non-hydrogen) atoms. The van der Waals surface area contributed by atoms with E-state index in [9.17, 15) is 0 Å². The number of allylic oxidation sites excluding steroid dienone is 1. The summed E-state index contributed by atoms with van der Waals surface area (Å²) in [7, 11) is 0. The Morgan fingerprint density at radius 2 is 2.21 bits per heavy atom. The van der Waals surface area contributed by atoms with Gasteiger partial charge in [0, 0.05) is 12.0 Å². The fraction of sp³-hybridized carbons (Fsp3) is 0.385. The van der Waals surface area contributed by atoms with E-state index >= 15 is 0 Å². The summed E-state index contributed by atoms with van der Waals surface area (Å²) in [5.74, 6) is 0.484. The Balaban J connectivity index is 2.35. The number of nitrogens with two attached hydrogens (primary N) is 1. The molecular weight excluding hydrogens is 170 g/mol. The van der Waals surface area contributed by atoms with Crippen LogP contribution >= 0.6 is 0 Å². The number of hydrogen-bond donors (Lipinski definition) is 1. The fourth-order valence-electron chi connectivity index (χ4n) is 2.36. The summed E-state index contributed by atoms with van der Waals surface area (Å²) in [6, 6.07) is 8.95. The van der Waals surface area contributed by atoms with Crippen molar-refractivity contribution in [2.75, 3.05) is 0 Å². The summed E-state index contributed by atoms with van der Waals surface area (Å²) in [5.41, 5.74) is 9.04. The van der Waals surface area contributed by atoms with Gasteiger partial charge >= 0.3 is 0 Å². The minimum Gasteiger partial charge on any atom is -0.327 e. The van der Waals surface area contributed by atoms with Gasteiger partial charge in [0.15, 0.2) is 0 Å². The van der Waals surface area contributed by atoms with E-state index in [1.54, 1.807) is 0 Å². The molecule has 0 bridgehead atoms. The fourth-order valence-corrected chi connectivity index (χ4v) is 2.36. The lowest BCUT2D eigenvalue weighted by Gasteiger charge is -2.30. The molecule has 0 saturated heterocycles. The topological polar surface area (TPSA) is 26.0 Å². The second kappa shape index (κ2) is 3.97. The lowest BCUT2D eigenvalue weighted by molar-refractivity contribution is 0.473. The highest BCUT2D eigenvalue weighted by Crippen LogP contribution is 2.33. The molecule has 0 heterocycles. The standard InChI is InChI=1S/C13H17N/c1-2-5-12-11-7-4-3-6-10(11)8-9-13(12)14/h2-4,6-7,12-13H,1,5,8-9,14H2. The molecule has 0 amide bonds. The molecule has 1 aromatic carbocycles. The highest BCUT2D eigenvalue weighted by Gasteiger charge is 2.25. The molecule has 2 unspecified atom stereocenters. The van der Waals surface area contributed by atoms with Gasteiger partial charge in [0.05, 0.1) is 0 Å². The Bertz CT molecular complexity index is 330. The average molecular weight is 187 g/mol. The second-order valence-electron chi connectivity index (χ2n) is 4.03. The van der Waals surface area contributed by atoms with Crippen LogP contribution in [0, 0.1) is 0 Å². The minimum atomic E-state index is 0.308. The Hall–Kier alpha value is -1.08. The summed E-state index contributed by atoms with van der Waals surface area (Å²) in [6.07, 6.45) is 5.21. The number of rotatable bonds is 2. The lowest BCUT2D eigenvalue weighted by atomic mass is 9.78. The molecule has 1 aliphatic carbocycles. The van der Waals surface area contributed by atoms with Crippen molar-refractivity contribution in [1.82, 2.24) is 0 Å². The van der Waals surface area contributed by atoms with Gasteiger partial charge in [0.1, 0.15) is 0 Å². The van der Waals surface area contributed by atoms with E-state index in [0.29, 0.717) is 12.0 Å². The van der Waals surface area contributed by atoms with Gasteiger partial charge in [-0.25, -0.2) is 0 Å². The van der Waals surface area contributed by atoms with Crippen molar-refractivity contribution >= 4 is 0 Å². The van der Waals surface area contributed by atoms with Gasteiger partial charge < -0.3 is 5.73 Å². The summed E-state index contributed by atoms with van der Waals surface area (Å²) in [6.45, 7) is 3.81. The van der Waals surface area contributed by atoms with Gasteiger partial charge in [0.2, 0.25) is 0 Å². The molecular formula is C13H17N. The Kier molecular flexibility index (Phi) is 2.69. The zero-order valence-electron chi connectivity index (χ0n) is 8.45. The number of aryl methyl sites for hydroxylation is 1. The first kappa shape index (κ1) is 9.47. The van der Waals surface area contributed by atoms with Crippen LogP contribution in [-0.2, 0) is 6.42 Å². The van der Waals surface area contributed by atoms with Crippen LogP contribution in [0.1, 0.15) is 29.9 Å². The quantitative estimate of drug-likeness (QED) is 0.708. The largest absolute Gasteiger partial charge is 0.327 e. The average Bonchev–Trinajstić information content (AvgIpc) is 2.23. The van der Waals surface area contributed by atoms with Gasteiger partial charge in [-0.05, 0) is 30.4 Å². The van der Waals surface area contributed by atoms with Gasteiger partial charge in [-0.1, -0.05) is 30.3 Å². The third-order valence-corrected chi connectivity index (χ3v) is 3.14. The van der Waals surface area contributed by atoms with E-state index < -0.39 is 0 Å². The molecule has 2 N–H and O–H groups in total. The highest BCUT2D eigenvalue weighted by molar-refractivity contribution is 5.34. The maximum atomic E-state index is 6.13. The molecule has 74 valence electrons. The van der Waals surface area contributed by atoms with Crippen molar-refractivity contribution in [3.05, 3.63) is 48.0 Å². The van der Waals surface area contributed by atoms with Gasteiger partial charge in [0.25, 0.3) is 0 Å². The van der Waals surface area contributed by atoms with Crippen molar-refractivity contribution in [2.45, 2.75) is 31.2 Å². The van der Waals surface area contributed by atoms with E-state index in [2.05, 4.69) is 30.8 Å². The molecule has 2 rings (SSSR count). The molecule has 0 fully saturated rings. The zero-order valence-corrected chi connectivity index (χ0v) is 8.45. The Labute approximate surface area is 85.6 Å². The first-order valence-corrected chi connectivity index (χ1v) is 5.27. The molecule has 0 aromatic heterocycles. The summed E-state index contributed by atoms with van der Waals surface area (Å²) >= 11 is 0. The van der Waals surface area contributed by atoms with Crippen LogP contribution in [-0.4, -0.2) is 6.04 Å². The molecule has 0 spiro atoms. The number of benzene rings is 1. The monoisotopic (exact) mass is 187 g/mol. The van der Waals surface area contributed by atoms with Crippen LogP contribution in [0.15, 0.2) is 36.9 Å². The molecule has 2 atom stereocenters. The third kappa shape index (κ3) is 1.60. The van der Waals surface area contributed by atoms with Gasteiger partial charge in [-0.3, -0.25) is 0 Å². The normalized spacial score (nSPS) is 25.5. The highest BCUT2D eigenvalue weighted by atomic mass is 14.7. The minimum absolute atomic E-state index is 0.308. The molecule has 0 aliphatic heterocycles. The maximum Gasteiger partial charge on any atom is 0.0114 e. The predicted molar refractivity (Wildman–Crippen MR) is 60.3 cm³/mol. The Morgan fingerprint density at radius 3 is 3.00 bits per heavy atom. The first-order chi connectivity index (χ1) is 6.83. The summed E-state index contributed by atoms with van der Waals surface area (Å²) in [5, 5.41) is 0. The van der Waals surface area contributed by atoms with Gasteiger partial charge in [-0.15, -0.1) is 6.58 Å². The van der Waals surface area contributed by atoms with Crippen LogP contribution in [0.4, 0.5) is 0 Å². The first-order valence-electron chi connectivity index (χ1n) is 5.27. The maximum absolute atomic E-state index is 6.13. The zero-order chi connectivity index (χ0) is 9.97. The molecule has 1 aliphatic rings. The van der Waals surface area contributed by atoms with Crippen LogP contribution < -0.4 is 5.73 Å². The van der Waals surface area contributed by atoms with Crippen LogP contribution in [0.2, 0.25) is 0 Å². The van der Waals surface area contributed by atoms with Crippen molar-refractivity contribution < 1.29 is 0 Å². The van der Waals surface area contributed by atoms with Crippen LogP contribution in [0.5, 0.6) is 0 Å². The smallest absolute Gasteiger partial charge is 0.0114 e. The van der Waals surface area contributed by atoms with E-state index in [4.69, 9.17) is 5.73 Å². The summed E-state index contributed by atoms with van der Waals surface area (Å²) < 4.78 is 0. The molecule has 0 saturated carbocycles. The molecule has 1 heteroatoms. The van der Waals surface area contributed by atoms with Crippen molar-refractivity contribution in [3.63, 3.8) is 0 Å². The molecule has 1 aromatic rings. The number of hydrogen-bond acceptors (Lipinski definition) is 1. The predicted octanol–water partition coefficient (Wildman–Crippen LogP) is 2.62. The SMILES string of the molecule is C=CCC1c2ccccc2CCC1N. The van der Waals surface area contributed by atoms with Gasteiger partial charge in [-0.2, -0.15) is 0 Å². The van der Waals surface area contributed by atoms with Crippen molar-refractivity contribution in [2.24, 2.45) is 5.73 Å². The van der Waals surface area contributed by atoms with Crippen LogP contribution in [0.25, 0.3) is 0 Å². The van der Waals surface area contributed by atoms with Crippen molar-refractivity contribution in [1.29, 1.82) is 0 Å². The Morgan fingerprint density at radius 1 is 1.43 bits per heavy atom. The van der Waals surface area contributed by atoms with Crippen molar-refractivity contribution in [3.8, 4) is 0 Å². The summed E-state index contributed by atoms with van der Waals surface area (Å²) in [4.78, 5) is 0. The third-order valence-electron chi connectivity index (χ3n) is 3.14.